The Hall–Kier alpha value is -2.20. The molecule has 0 saturated heterocycles. The van der Waals surface area contributed by atoms with E-state index in [1.54, 1.807) is 12.1 Å². The second-order valence-corrected chi connectivity index (χ2v) is 7.18. The zero-order valence-electron chi connectivity index (χ0n) is 13.2. The third-order valence-electron chi connectivity index (χ3n) is 5.94. The normalized spacial score (nSPS) is 25.8. The third-order valence-corrected chi connectivity index (χ3v) is 5.94. The highest BCUT2D eigenvalue weighted by Crippen LogP contribution is 2.50. The van der Waals surface area contributed by atoms with Crippen LogP contribution in [0.25, 0.3) is 21.7 Å². The molecule has 24 heavy (non-hydrogen) atoms. The lowest BCUT2D eigenvalue weighted by molar-refractivity contribution is 0.0758. The summed E-state index contributed by atoms with van der Waals surface area (Å²) in [7, 11) is 0. The zero-order valence-corrected chi connectivity index (χ0v) is 13.2. The molecule has 0 bridgehead atoms. The molecule has 2 aromatic carbocycles. The number of aliphatic hydroxyl groups excluding tert-OH is 1. The van der Waals surface area contributed by atoms with Crippen LogP contribution in [0.1, 0.15) is 36.5 Å². The van der Waals surface area contributed by atoms with Crippen LogP contribution in [0.15, 0.2) is 30.5 Å². The summed E-state index contributed by atoms with van der Waals surface area (Å²) in [4.78, 5) is 4.41. The molecule has 0 spiro atoms. The van der Waals surface area contributed by atoms with Crippen molar-refractivity contribution < 1.29 is 14.6 Å². The number of pyridine rings is 1. The van der Waals surface area contributed by atoms with E-state index in [4.69, 9.17) is 0 Å². The number of aromatic nitrogens is 1. The zero-order chi connectivity index (χ0) is 16.4. The van der Waals surface area contributed by atoms with Crippen LogP contribution in [0, 0.1) is 17.7 Å². The molecule has 2 N–H and O–H groups in total. The third kappa shape index (κ3) is 1.83. The van der Waals surface area contributed by atoms with Crippen LogP contribution >= 0.6 is 0 Å². The van der Waals surface area contributed by atoms with Gasteiger partial charge in [0.25, 0.3) is 0 Å². The molecule has 3 nitrogen and oxygen atoms in total. The molecule has 5 rings (SSSR count). The second kappa shape index (κ2) is 4.90. The van der Waals surface area contributed by atoms with Crippen LogP contribution in [0.5, 0.6) is 5.75 Å². The maximum Gasteiger partial charge on any atom is 0.134 e. The topological polar surface area (TPSA) is 53.4 Å². The molecule has 1 heterocycles. The number of fused-ring (bicyclic) bond motifs is 7. The summed E-state index contributed by atoms with van der Waals surface area (Å²) >= 11 is 0. The molecule has 122 valence electrons. The van der Waals surface area contributed by atoms with E-state index in [9.17, 15) is 14.6 Å². The lowest BCUT2D eigenvalue weighted by Crippen LogP contribution is -2.26. The van der Waals surface area contributed by atoms with Gasteiger partial charge in [-0.3, -0.25) is 4.98 Å². The summed E-state index contributed by atoms with van der Waals surface area (Å²) in [6.45, 7) is 0. The molecule has 3 atom stereocenters. The molecule has 1 saturated carbocycles. The first-order chi connectivity index (χ1) is 11.6. The van der Waals surface area contributed by atoms with Crippen molar-refractivity contribution in [1.82, 2.24) is 4.98 Å². The fourth-order valence-corrected chi connectivity index (χ4v) is 4.91. The van der Waals surface area contributed by atoms with Crippen molar-refractivity contribution in [2.45, 2.75) is 31.8 Å². The standard InChI is InChI=1S/C20H18FNO2/c21-11-4-5-14-15(7-11)17-8-12(23)9-22-19(17)18-16(14)6-10-2-1-3-13(10)20(18)24/h4-5,7-10,13,20,23-24H,1-3,6H2/t10?,13-,20-/m0/s1. The molecule has 2 aliphatic rings. The van der Waals surface area contributed by atoms with Crippen LogP contribution in [0.2, 0.25) is 0 Å². The minimum atomic E-state index is -0.532. The van der Waals surface area contributed by atoms with Gasteiger partial charge in [-0.2, -0.15) is 0 Å². The van der Waals surface area contributed by atoms with Gasteiger partial charge in [-0.25, -0.2) is 4.39 Å². The first-order valence-corrected chi connectivity index (χ1v) is 8.54. The monoisotopic (exact) mass is 323 g/mol. The number of nitrogens with zero attached hydrogens (tertiary/aromatic N) is 1. The van der Waals surface area contributed by atoms with Crippen LogP contribution in [-0.2, 0) is 6.42 Å². The average Bonchev–Trinajstić information content (AvgIpc) is 3.04. The Kier molecular flexibility index (Phi) is 2.89. The van der Waals surface area contributed by atoms with Crippen molar-refractivity contribution in [2.24, 2.45) is 11.8 Å². The average molecular weight is 323 g/mol. The van der Waals surface area contributed by atoms with Crippen molar-refractivity contribution in [3.63, 3.8) is 0 Å². The Labute approximate surface area is 138 Å². The van der Waals surface area contributed by atoms with Crippen molar-refractivity contribution in [2.75, 3.05) is 0 Å². The molecule has 1 aromatic heterocycles. The summed E-state index contributed by atoms with van der Waals surface area (Å²) in [5.74, 6) is 0.531. The number of rotatable bonds is 0. The van der Waals surface area contributed by atoms with E-state index >= 15 is 0 Å². The molecule has 4 heteroatoms. The van der Waals surface area contributed by atoms with Crippen molar-refractivity contribution in [3.05, 3.63) is 47.4 Å². The fourth-order valence-electron chi connectivity index (χ4n) is 4.91. The summed E-state index contributed by atoms with van der Waals surface area (Å²) in [5.41, 5.74) is 2.68. The molecule has 0 aliphatic heterocycles. The Morgan fingerprint density at radius 2 is 1.96 bits per heavy atom. The maximum absolute atomic E-state index is 13.9. The first kappa shape index (κ1) is 14.2. The van der Waals surface area contributed by atoms with Crippen molar-refractivity contribution >= 4 is 21.7 Å². The summed E-state index contributed by atoms with van der Waals surface area (Å²) < 4.78 is 13.9. The van der Waals surface area contributed by atoms with E-state index < -0.39 is 6.10 Å². The predicted octanol–water partition coefficient (Wildman–Crippen LogP) is 4.24. The van der Waals surface area contributed by atoms with E-state index in [2.05, 4.69) is 4.98 Å². The Balaban J connectivity index is 1.94. The number of hydrogen-bond acceptors (Lipinski definition) is 3. The Morgan fingerprint density at radius 3 is 2.83 bits per heavy atom. The van der Waals surface area contributed by atoms with Crippen LogP contribution in [-0.4, -0.2) is 15.2 Å². The maximum atomic E-state index is 13.9. The molecule has 0 amide bonds. The quantitative estimate of drug-likeness (QED) is 0.609. The lowest BCUT2D eigenvalue weighted by atomic mass is 9.73. The highest BCUT2D eigenvalue weighted by Gasteiger charge is 2.40. The molecular weight excluding hydrogens is 305 g/mol. The van der Waals surface area contributed by atoms with Crippen molar-refractivity contribution in [3.8, 4) is 5.75 Å². The summed E-state index contributed by atoms with van der Waals surface area (Å²) in [6, 6.07) is 6.40. The van der Waals surface area contributed by atoms with Crippen molar-refractivity contribution in [1.29, 1.82) is 0 Å². The van der Waals surface area contributed by atoms with Gasteiger partial charge in [0.1, 0.15) is 11.6 Å². The molecule has 0 radical (unpaired) electrons. The highest BCUT2D eigenvalue weighted by molar-refractivity contribution is 6.10. The predicted molar refractivity (Wildman–Crippen MR) is 90.4 cm³/mol. The minimum absolute atomic E-state index is 0.0528. The number of hydrogen-bond donors (Lipinski definition) is 2. The van der Waals surface area contributed by atoms with Gasteiger partial charge in [-0.1, -0.05) is 12.5 Å². The van der Waals surface area contributed by atoms with Crippen LogP contribution < -0.4 is 0 Å². The van der Waals surface area contributed by atoms with Crippen LogP contribution in [0.4, 0.5) is 4.39 Å². The summed E-state index contributed by atoms with van der Waals surface area (Å²) in [5, 5.41) is 23.3. The summed E-state index contributed by atoms with van der Waals surface area (Å²) in [6.07, 6.45) is 5.13. The number of aliphatic hydroxyl groups is 1. The fraction of sp³-hybridized carbons (Fsp3) is 0.350. The molecule has 1 fully saturated rings. The molecular formula is C20H18FNO2. The number of halogens is 1. The van der Waals surface area contributed by atoms with E-state index in [1.165, 1.54) is 18.3 Å². The number of aromatic hydroxyl groups is 1. The van der Waals surface area contributed by atoms with Gasteiger partial charge in [0.05, 0.1) is 17.8 Å². The molecule has 1 unspecified atom stereocenters. The van der Waals surface area contributed by atoms with Crippen LogP contribution in [0.3, 0.4) is 0 Å². The van der Waals surface area contributed by atoms with Gasteiger partial charge in [0.15, 0.2) is 0 Å². The van der Waals surface area contributed by atoms with Gasteiger partial charge >= 0.3 is 0 Å². The second-order valence-electron chi connectivity index (χ2n) is 7.18. The smallest absolute Gasteiger partial charge is 0.134 e. The van der Waals surface area contributed by atoms with Gasteiger partial charge < -0.3 is 10.2 Å². The number of benzene rings is 2. The van der Waals surface area contributed by atoms with E-state index in [1.807, 2.05) is 0 Å². The minimum Gasteiger partial charge on any atom is -0.506 e. The highest BCUT2D eigenvalue weighted by atomic mass is 19.1. The van der Waals surface area contributed by atoms with Gasteiger partial charge in [0, 0.05) is 10.9 Å². The van der Waals surface area contributed by atoms with E-state index in [0.29, 0.717) is 16.8 Å². The van der Waals surface area contributed by atoms with E-state index in [0.717, 1.165) is 47.6 Å². The Morgan fingerprint density at radius 1 is 1.08 bits per heavy atom. The van der Waals surface area contributed by atoms with E-state index in [-0.39, 0.29) is 17.5 Å². The molecule has 2 aliphatic carbocycles. The molecule has 3 aromatic rings. The van der Waals surface area contributed by atoms with Gasteiger partial charge in [-0.15, -0.1) is 0 Å². The SMILES string of the molecule is Oc1cnc2c3c(c4ccc(F)cc4c2c1)CC1CCC[C@@H]1[C@@H]3O. The first-order valence-electron chi connectivity index (χ1n) is 8.54. The van der Waals surface area contributed by atoms with Gasteiger partial charge in [0.2, 0.25) is 0 Å². The van der Waals surface area contributed by atoms with Gasteiger partial charge in [-0.05, 0) is 65.6 Å². The largest absolute Gasteiger partial charge is 0.506 e. The Bertz CT molecular complexity index is 984. The lowest BCUT2D eigenvalue weighted by Gasteiger charge is -2.34.